The minimum atomic E-state index is -4.87. The van der Waals surface area contributed by atoms with Gasteiger partial charge >= 0.3 is 6.36 Å². The molecule has 4 aromatic rings. The monoisotopic (exact) mass is 568 g/mol. The molecular weight excluding hydrogens is 537 g/mol. The molecule has 41 heavy (non-hydrogen) atoms. The van der Waals surface area contributed by atoms with Crippen molar-refractivity contribution in [2.24, 2.45) is 0 Å². The Labute approximate surface area is 235 Å². The van der Waals surface area contributed by atoms with Crippen LogP contribution < -0.4 is 30.6 Å². The minimum Gasteiger partial charge on any atom is -0.490 e. The number of halogens is 3. The molecular formula is C30H31F3N4O4. The molecule has 0 aliphatic heterocycles. The maximum absolute atomic E-state index is 13.6. The van der Waals surface area contributed by atoms with E-state index in [0.29, 0.717) is 35.2 Å². The molecule has 216 valence electrons. The molecule has 0 bridgehead atoms. The largest absolute Gasteiger partial charge is 0.573 e. The Hall–Kier alpha value is -4.67. The molecule has 8 nitrogen and oxygen atoms in total. The number of fused-ring (bicyclic) bond motifs is 1. The summed E-state index contributed by atoms with van der Waals surface area (Å²) in [6.07, 6.45) is -3.38. The van der Waals surface area contributed by atoms with Crippen LogP contribution in [0.5, 0.6) is 17.2 Å². The molecule has 0 fully saturated rings. The fourth-order valence-electron chi connectivity index (χ4n) is 4.24. The zero-order valence-corrected chi connectivity index (χ0v) is 22.8. The molecule has 11 heteroatoms. The first-order chi connectivity index (χ1) is 19.5. The minimum absolute atomic E-state index is 0.101. The molecule has 0 spiro atoms. The van der Waals surface area contributed by atoms with Gasteiger partial charge in [-0.05, 0) is 74.2 Å². The Bertz CT molecular complexity index is 1510. The Balaban J connectivity index is 1.67. The van der Waals surface area contributed by atoms with Gasteiger partial charge in [0.1, 0.15) is 17.6 Å². The second kappa shape index (κ2) is 12.7. The van der Waals surface area contributed by atoms with E-state index in [1.165, 1.54) is 18.2 Å². The van der Waals surface area contributed by atoms with Crippen molar-refractivity contribution in [3.63, 3.8) is 0 Å². The average Bonchev–Trinajstić information content (AvgIpc) is 2.91. The first-order valence-corrected chi connectivity index (χ1v) is 13.0. The first-order valence-electron chi connectivity index (χ1n) is 13.0. The van der Waals surface area contributed by atoms with Crippen LogP contribution in [0.25, 0.3) is 10.8 Å². The molecule has 1 amide bonds. The highest BCUT2D eigenvalue weighted by Gasteiger charge is 2.32. The second-order valence-corrected chi connectivity index (χ2v) is 9.39. The van der Waals surface area contributed by atoms with Gasteiger partial charge < -0.3 is 30.6 Å². The van der Waals surface area contributed by atoms with Crippen LogP contribution in [0.3, 0.4) is 0 Å². The number of carbonyl (C=O) groups excluding carboxylic acids is 1. The Morgan fingerprint density at radius 2 is 1.78 bits per heavy atom. The van der Waals surface area contributed by atoms with E-state index in [1.54, 1.807) is 48.7 Å². The van der Waals surface area contributed by atoms with Gasteiger partial charge in [0.15, 0.2) is 11.5 Å². The van der Waals surface area contributed by atoms with Crippen LogP contribution in [0.15, 0.2) is 72.9 Å². The SMILES string of the molecule is CCOc1cc(C(Nc2ccc3c(N)nccc3c2)C(=O)NCc2ccccc2OC(F)(F)F)ccc1OC(C)C. The standard InChI is InChI=1S/C30H31F3N4O4/c1-4-39-26-16-20(9-12-25(26)40-18(2)3)27(37-22-10-11-23-19(15-22)13-14-35-28(23)34)29(38)36-17-21-7-5-6-8-24(21)41-30(31,32)33/h5-16,18,27,37H,4,17H2,1-3H3,(H2,34,35)(H,36,38). The van der Waals surface area contributed by atoms with Crippen molar-refractivity contribution >= 4 is 28.2 Å². The number of rotatable bonds is 11. The highest BCUT2D eigenvalue weighted by Crippen LogP contribution is 2.34. The van der Waals surface area contributed by atoms with E-state index in [-0.39, 0.29) is 24.0 Å². The second-order valence-electron chi connectivity index (χ2n) is 9.39. The van der Waals surface area contributed by atoms with E-state index in [0.717, 1.165) is 10.8 Å². The quantitative estimate of drug-likeness (QED) is 0.193. The van der Waals surface area contributed by atoms with Gasteiger partial charge in [0.2, 0.25) is 5.91 Å². The van der Waals surface area contributed by atoms with E-state index < -0.39 is 18.3 Å². The Morgan fingerprint density at radius 1 is 1.00 bits per heavy atom. The molecule has 1 unspecified atom stereocenters. The summed E-state index contributed by atoms with van der Waals surface area (Å²) < 4.78 is 54.5. The number of hydrogen-bond acceptors (Lipinski definition) is 7. The van der Waals surface area contributed by atoms with Gasteiger partial charge in [-0.3, -0.25) is 4.79 Å². The van der Waals surface area contributed by atoms with Crippen molar-refractivity contribution in [1.29, 1.82) is 0 Å². The number of nitrogen functional groups attached to an aromatic ring is 1. The topological polar surface area (TPSA) is 108 Å². The lowest BCUT2D eigenvalue weighted by Crippen LogP contribution is -2.33. The van der Waals surface area contributed by atoms with Gasteiger partial charge in [-0.1, -0.05) is 24.3 Å². The lowest BCUT2D eigenvalue weighted by atomic mass is 10.0. The molecule has 0 saturated heterocycles. The molecule has 0 radical (unpaired) electrons. The Morgan fingerprint density at radius 3 is 2.51 bits per heavy atom. The average molecular weight is 569 g/mol. The van der Waals surface area contributed by atoms with Crippen LogP contribution in [-0.4, -0.2) is 30.0 Å². The van der Waals surface area contributed by atoms with Crippen molar-refractivity contribution in [1.82, 2.24) is 10.3 Å². The van der Waals surface area contributed by atoms with Crippen LogP contribution in [-0.2, 0) is 11.3 Å². The first kappa shape index (κ1) is 29.3. The van der Waals surface area contributed by atoms with Crippen molar-refractivity contribution in [2.75, 3.05) is 17.7 Å². The number of para-hydroxylation sites is 1. The molecule has 1 heterocycles. The summed E-state index contributed by atoms with van der Waals surface area (Å²) in [4.78, 5) is 17.7. The maximum Gasteiger partial charge on any atom is 0.573 e. The van der Waals surface area contributed by atoms with E-state index in [9.17, 15) is 18.0 Å². The number of pyridine rings is 1. The van der Waals surface area contributed by atoms with E-state index in [4.69, 9.17) is 15.2 Å². The lowest BCUT2D eigenvalue weighted by molar-refractivity contribution is -0.274. The molecule has 4 N–H and O–H groups in total. The molecule has 1 atom stereocenters. The van der Waals surface area contributed by atoms with E-state index in [2.05, 4.69) is 20.4 Å². The van der Waals surface area contributed by atoms with Crippen LogP contribution in [0.4, 0.5) is 24.7 Å². The number of nitrogens with two attached hydrogens (primary N) is 1. The van der Waals surface area contributed by atoms with E-state index in [1.807, 2.05) is 26.8 Å². The summed E-state index contributed by atoms with van der Waals surface area (Å²) in [6, 6.07) is 17.1. The number of nitrogens with one attached hydrogen (secondary N) is 2. The van der Waals surface area contributed by atoms with Gasteiger partial charge in [0, 0.05) is 29.4 Å². The number of carbonyl (C=O) groups is 1. The summed E-state index contributed by atoms with van der Waals surface area (Å²) >= 11 is 0. The van der Waals surface area contributed by atoms with E-state index >= 15 is 0 Å². The Kier molecular flexibility index (Phi) is 9.06. The maximum atomic E-state index is 13.6. The van der Waals surface area contributed by atoms with Gasteiger partial charge in [-0.15, -0.1) is 13.2 Å². The van der Waals surface area contributed by atoms with Crippen LogP contribution in [0.2, 0.25) is 0 Å². The van der Waals surface area contributed by atoms with Gasteiger partial charge in [0.25, 0.3) is 0 Å². The van der Waals surface area contributed by atoms with Crippen molar-refractivity contribution in [3.8, 4) is 17.2 Å². The zero-order valence-electron chi connectivity index (χ0n) is 22.8. The zero-order chi connectivity index (χ0) is 29.6. The normalized spacial score (nSPS) is 12.2. The van der Waals surface area contributed by atoms with Crippen molar-refractivity contribution in [3.05, 3.63) is 84.1 Å². The highest BCUT2D eigenvalue weighted by molar-refractivity contribution is 5.94. The number of benzene rings is 3. The van der Waals surface area contributed by atoms with Gasteiger partial charge in [-0.25, -0.2) is 4.98 Å². The number of alkyl halides is 3. The lowest BCUT2D eigenvalue weighted by Gasteiger charge is -2.23. The van der Waals surface area contributed by atoms with Gasteiger partial charge in [0.05, 0.1) is 12.7 Å². The third kappa shape index (κ3) is 7.71. The highest BCUT2D eigenvalue weighted by atomic mass is 19.4. The van der Waals surface area contributed by atoms with Crippen molar-refractivity contribution in [2.45, 2.75) is 45.8 Å². The summed E-state index contributed by atoms with van der Waals surface area (Å²) in [7, 11) is 0. The fourth-order valence-corrected chi connectivity index (χ4v) is 4.24. The number of nitrogens with zero attached hydrogens (tertiary/aromatic N) is 1. The fraction of sp³-hybridized carbons (Fsp3) is 0.267. The van der Waals surface area contributed by atoms with Crippen LogP contribution in [0.1, 0.15) is 37.9 Å². The van der Waals surface area contributed by atoms with Crippen molar-refractivity contribution < 1.29 is 32.2 Å². The third-order valence-electron chi connectivity index (χ3n) is 5.98. The summed E-state index contributed by atoms with van der Waals surface area (Å²) in [5.41, 5.74) is 7.32. The number of hydrogen-bond donors (Lipinski definition) is 3. The third-order valence-corrected chi connectivity index (χ3v) is 5.98. The summed E-state index contributed by atoms with van der Waals surface area (Å²) in [5.74, 6) is 0.488. The van der Waals surface area contributed by atoms with Crippen LogP contribution >= 0.6 is 0 Å². The summed E-state index contributed by atoms with van der Waals surface area (Å²) in [6.45, 7) is 5.80. The molecule has 4 rings (SSSR count). The number of amides is 1. The smallest absolute Gasteiger partial charge is 0.490 e. The summed E-state index contributed by atoms with van der Waals surface area (Å²) in [5, 5.41) is 7.56. The molecule has 3 aromatic carbocycles. The number of anilines is 2. The van der Waals surface area contributed by atoms with Crippen LogP contribution in [0, 0.1) is 0 Å². The van der Waals surface area contributed by atoms with Gasteiger partial charge in [-0.2, -0.15) is 0 Å². The molecule has 0 aliphatic rings. The number of ether oxygens (including phenoxy) is 3. The predicted octanol–water partition coefficient (Wildman–Crippen LogP) is 6.37. The molecule has 0 saturated carbocycles. The molecule has 0 aliphatic carbocycles. The predicted molar refractivity (Wildman–Crippen MR) is 151 cm³/mol. The number of aromatic nitrogens is 1. The molecule has 1 aromatic heterocycles.